The van der Waals surface area contributed by atoms with Crippen molar-refractivity contribution in [3.63, 3.8) is 0 Å². The van der Waals surface area contributed by atoms with Gasteiger partial charge in [0.25, 0.3) is 11.6 Å². The van der Waals surface area contributed by atoms with Crippen LogP contribution in [0.4, 0.5) is 11.4 Å². The van der Waals surface area contributed by atoms with Crippen LogP contribution in [0.25, 0.3) is 6.08 Å². The molecule has 2 aromatic rings. The third-order valence-electron chi connectivity index (χ3n) is 5.29. The van der Waals surface area contributed by atoms with E-state index in [0.29, 0.717) is 30.9 Å². The summed E-state index contributed by atoms with van der Waals surface area (Å²) in [4.78, 5) is 25.9. The maximum absolute atomic E-state index is 13.1. The number of nitrogens with one attached hydrogen (secondary N) is 1. The molecule has 1 amide bonds. The van der Waals surface area contributed by atoms with Crippen molar-refractivity contribution in [1.29, 1.82) is 0 Å². The standard InChI is InChI=1S/C23H23N3O4/c27-23(24-19-7-4-8-20(16-19)26(28)29)21-10-9-18(15-17-5-2-1-3-6-17)22(21)25-11-13-30-14-12-25/h1-8,15-16H,9-14H2,(H,24,27). The molecule has 1 heterocycles. The van der Waals surface area contributed by atoms with Crippen molar-refractivity contribution in [3.05, 3.63) is 87.1 Å². The van der Waals surface area contributed by atoms with Gasteiger partial charge in [-0.15, -0.1) is 0 Å². The highest BCUT2D eigenvalue weighted by atomic mass is 16.6. The number of nitro benzene ring substituents is 1. The number of hydrogen-bond acceptors (Lipinski definition) is 5. The molecular weight excluding hydrogens is 382 g/mol. The molecule has 0 spiro atoms. The lowest BCUT2D eigenvalue weighted by molar-refractivity contribution is -0.384. The number of rotatable bonds is 5. The molecule has 1 fully saturated rings. The molecule has 0 unspecified atom stereocenters. The van der Waals surface area contributed by atoms with Crippen LogP contribution in [0.5, 0.6) is 0 Å². The highest BCUT2D eigenvalue weighted by molar-refractivity contribution is 6.05. The lowest BCUT2D eigenvalue weighted by Crippen LogP contribution is -2.36. The van der Waals surface area contributed by atoms with E-state index in [-0.39, 0.29) is 11.6 Å². The molecule has 0 bridgehead atoms. The van der Waals surface area contributed by atoms with Gasteiger partial charge in [-0.25, -0.2) is 0 Å². The second-order valence-corrected chi connectivity index (χ2v) is 7.27. The first-order valence-corrected chi connectivity index (χ1v) is 9.99. The van der Waals surface area contributed by atoms with Crippen molar-refractivity contribution >= 4 is 23.4 Å². The Morgan fingerprint density at radius 2 is 1.83 bits per heavy atom. The Kier molecular flexibility index (Phi) is 5.90. The molecule has 154 valence electrons. The van der Waals surface area contributed by atoms with Gasteiger partial charge in [-0.3, -0.25) is 14.9 Å². The Hall–Kier alpha value is -3.45. The predicted octanol–water partition coefficient (Wildman–Crippen LogP) is 4.00. The van der Waals surface area contributed by atoms with Crippen molar-refractivity contribution in [2.45, 2.75) is 12.8 Å². The summed E-state index contributed by atoms with van der Waals surface area (Å²) in [6.45, 7) is 2.72. The Morgan fingerprint density at radius 1 is 1.07 bits per heavy atom. The molecule has 0 atom stereocenters. The van der Waals surface area contributed by atoms with Crippen LogP contribution in [0.15, 0.2) is 71.4 Å². The third kappa shape index (κ3) is 4.41. The van der Waals surface area contributed by atoms with Crippen LogP contribution >= 0.6 is 0 Å². The summed E-state index contributed by atoms with van der Waals surface area (Å²) in [5, 5.41) is 13.9. The lowest BCUT2D eigenvalue weighted by atomic mass is 10.1. The predicted molar refractivity (Wildman–Crippen MR) is 115 cm³/mol. The van der Waals surface area contributed by atoms with Gasteiger partial charge in [0.2, 0.25) is 0 Å². The minimum Gasteiger partial charge on any atom is -0.378 e. The summed E-state index contributed by atoms with van der Waals surface area (Å²) in [6.07, 6.45) is 3.55. The first-order chi connectivity index (χ1) is 14.6. The molecule has 4 rings (SSSR count). The molecule has 1 saturated heterocycles. The topological polar surface area (TPSA) is 84.7 Å². The van der Waals surface area contributed by atoms with Crippen LogP contribution in [-0.2, 0) is 9.53 Å². The second-order valence-electron chi connectivity index (χ2n) is 7.27. The van der Waals surface area contributed by atoms with Gasteiger partial charge in [0.15, 0.2) is 0 Å². The van der Waals surface area contributed by atoms with Crippen LogP contribution in [0, 0.1) is 10.1 Å². The van der Waals surface area contributed by atoms with Gasteiger partial charge in [-0.2, -0.15) is 0 Å². The monoisotopic (exact) mass is 405 g/mol. The number of carbonyl (C=O) groups excluding carboxylic acids is 1. The maximum atomic E-state index is 13.1. The highest BCUT2D eigenvalue weighted by Crippen LogP contribution is 2.36. The minimum absolute atomic E-state index is 0.0498. The fourth-order valence-electron chi connectivity index (χ4n) is 3.89. The van der Waals surface area contributed by atoms with E-state index in [1.54, 1.807) is 12.1 Å². The van der Waals surface area contributed by atoms with Crippen molar-refractivity contribution in [3.8, 4) is 0 Å². The molecule has 1 aliphatic heterocycles. The fourth-order valence-corrected chi connectivity index (χ4v) is 3.89. The highest BCUT2D eigenvalue weighted by Gasteiger charge is 2.30. The number of morpholine rings is 1. The normalized spacial score (nSPS) is 18.0. The number of hydrogen-bond donors (Lipinski definition) is 1. The van der Waals surface area contributed by atoms with E-state index in [2.05, 4.69) is 16.3 Å². The van der Waals surface area contributed by atoms with Crippen molar-refractivity contribution in [1.82, 2.24) is 4.90 Å². The lowest BCUT2D eigenvalue weighted by Gasteiger charge is -2.31. The first-order valence-electron chi connectivity index (χ1n) is 9.99. The number of non-ortho nitro benzene ring substituents is 1. The van der Waals surface area contributed by atoms with Gasteiger partial charge >= 0.3 is 0 Å². The zero-order valence-corrected chi connectivity index (χ0v) is 16.5. The Morgan fingerprint density at radius 3 is 2.57 bits per heavy atom. The van der Waals surface area contributed by atoms with Crippen LogP contribution in [0.1, 0.15) is 18.4 Å². The number of amides is 1. The molecule has 30 heavy (non-hydrogen) atoms. The molecule has 0 radical (unpaired) electrons. The molecule has 2 aromatic carbocycles. The Labute approximate surface area is 174 Å². The molecular formula is C23H23N3O4. The fraction of sp³-hybridized carbons (Fsp3) is 0.261. The number of nitro groups is 1. The van der Waals surface area contributed by atoms with Crippen LogP contribution in [0.3, 0.4) is 0 Å². The molecule has 1 N–H and O–H groups in total. The average Bonchev–Trinajstić information content (AvgIpc) is 3.19. The van der Waals surface area contributed by atoms with E-state index < -0.39 is 4.92 Å². The molecule has 7 heteroatoms. The van der Waals surface area contributed by atoms with Crippen LogP contribution < -0.4 is 5.32 Å². The van der Waals surface area contributed by atoms with Gasteiger partial charge in [-0.1, -0.05) is 36.4 Å². The summed E-state index contributed by atoms with van der Waals surface area (Å²) in [7, 11) is 0. The molecule has 1 aliphatic carbocycles. The summed E-state index contributed by atoms with van der Waals surface area (Å²) in [5.41, 5.74) is 4.27. The molecule has 0 aromatic heterocycles. The van der Waals surface area contributed by atoms with Gasteiger partial charge in [0.1, 0.15) is 0 Å². The summed E-state index contributed by atoms with van der Waals surface area (Å²) < 4.78 is 5.49. The van der Waals surface area contributed by atoms with Gasteiger partial charge in [-0.05, 0) is 36.1 Å². The first kappa shape index (κ1) is 19.8. The smallest absolute Gasteiger partial charge is 0.271 e. The van der Waals surface area contributed by atoms with Crippen molar-refractivity contribution in [2.24, 2.45) is 0 Å². The van der Waals surface area contributed by atoms with Crippen molar-refractivity contribution < 1.29 is 14.5 Å². The average molecular weight is 405 g/mol. The summed E-state index contributed by atoms with van der Waals surface area (Å²) in [5.74, 6) is -0.214. The number of allylic oxidation sites excluding steroid dienone is 1. The summed E-state index contributed by atoms with van der Waals surface area (Å²) >= 11 is 0. The van der Waals surface area contributed by atoms with Gasteiger partial charge in [0, 0.05) is 42.2 Å². The van der Waals surface area contributed by atoms with E-state index in [1.165, 1.54) is 12.1 Å². The van der Waals surface area contributed by atoms with E-state index in [9.17, 15) is 14.9 Å². The number of carbonyl (C=O) groups is 1. The maximum Gasteiger partial charge on any atom is 0.271 e. The third-order valence-corrected chi connectivity index (χ3v) is 5.29. The van der Waals surface area contributed by atoms with Crippen molar-refractivity contribution in [2.75, 3.05) is 31.6 Å². The Bertz CT molecular complexity index is 1010. The quantitative estimate of drug-likeness (QED) is 0.600. The molecule has 2 aliphatic rings. The molecule has 7 nitrogen and oxygen atoms in total. The zero-order chi connectivity index (χ0) is 20.9. The zero-order valence-electron chi connectivity index (χ0n) is 16.5. The SMILES string of the molecule is O=C(Nc1cccc([N+](=O)[O-])c1)C1=C(N2CCOCC2)C(=Cc2ccccc2)CC1. The molecule has 0 saturated carbocycles. The second kappa shape index (κ2) is 8.92. The number of benzene rings is 2. The van der Waals surface area contributed by atoms with E-state index in [1.807, 2.05) is 30.3 Å². The number of nitrogens with zero attached hydrogens (tertiary/aromatic N) is 2. The van der Waals surface area contributed by atoms with E-state index in [0.717, 1.165) is 36.3 Å². The van der Waals surface area contributed by atoms with Gasteiger partial charge in [0.05, 0.1) is 18.1 Å². The van der Waals surface area contributed by atoms with Gasteiger partial charge < -0.3 is 15.0 Å². The summed E-state index contributed by atoms with van der Waals surface area (Å²) in [6, 6.07) is 16.1. The number of ether oxygens (including phenoxy) is 1. The number of anilines is 1. The van der Waals surface area contributed by atoms with E-state index in [4.69, 9.17) is 4.74 Å². The largest absolute Gasteiger partial charge is 0.378 e. The van der Waals surface area contributed by atoms with Crippen LogP contribution in [0.2, 0.25) is 0 Å². The minimum atomic E-state index is -0.468. The Balaban J connectivity index is 1.66. The van der Waals surface area contributed by atoms with Crippen LogP contribution in [-0.4, -0.2) is 42.0 Å². The van der Waals surface area contributed by atoms with E-state index >= 15 is 0 Å².